The van der Waals surface area contributed by atoms with Gasteiger partial charge in [-0.05, 0) is 62.6 Å². The van der Waals surface area contributed by atoms with Crippen LogP contribution < -0.4 is 10.1 Å². The van der Waals surface area contributed by atoms with E-state index in [2.05, 4.69) is 17.1 Å². The molecule has 1 saturated heterocycles. The second-order valence-electron chi connectivity index (χ2n) is 8.02. The van der Waals surface area contributed by atoms with Gasteiger partial charge < -0.3 is 14.8 Å². The molecule has 1 atom stereocenters. The van der Waals surface area contributed by atoms with Gasteiger partial charge in [-0.25, -0.2) is 4.39 Å². The number of nitrogens with one attached hydrogen (secondary N) is 1. The van der Waals surface area contributed by atoms with Gasteiger partial charge in [-0.3, -0.25) is 9.69 Å². The Labute approximate surface area is 178 Å². The highest BCUT2D eigenvalue weighted by atomic mass is 19.1. The molecule has 1 N–H and O–H groups in total. The summed E-state index contributed by atoms with van der Waals surface area (Å²) in [5, 5.41) is 2.91. The molecule has 0 bridgehead atoms. The van der Waals surface area contributed by atoms with Crippen molar-refractivity contribution >= 4 is 5.91 Å². The van der Waals surface area contributed by atoms with Gasteiger partial charge in [0.1, 0.15) is 23.8 Å². The summed E-state index contributed by atoms with van der Waals surface area (Å²) in [4.78, 5) is 14.5. The summed E-state index contributed by atoms with van der Waals surface area (Å²) in [6.45, 7) is 4.92. The Kier molecular flexibility index (Phi) is 7.82. The van der Waals surface area contributed by atoms with Crippen LogP contribution in [0.15, 0.2) is 48.5 Å². The summed E-state index contributed by atoms with van der Waals surface area (Å²) in [5.41, 5.74) is 1.74. The Hall–Kier alpha value is -2.44. The minimum absolute atomic E-state index is 0.0276. The average Bonchev–Trinajstić information content (AvgIpc) is 2.96. The largest absolute Gasteiger partial charge is 0.491 e. The summed E-state index contributed by atoms with van der Waals surface area (Å²) in [7, 11) is 1.74. The molecule has 0 aromatic heterocycles. The monoisotopic (exact) mass is 414 g/mol. The van der Waals surface area contributed by atoms with Crippen LogP contribution >= 0.6 is 0 Å². The lowest BCUT2D eigenvalue weighted by atomic mass is 9.95. The fourth-order valence-electron chi connectivity index (χ4n) is 3.70. The summed E-state index contributed by atoms with van der Waals surface area (Å²) in [5.74, 6) is 0.543. The van der Waals surface area contributed by atoms with E-state index < -0.39 is 0 Å². The number of likely N-dealkylation sites (tertiary alicyclic amines) is 1. The molecule has 0 spiro atoms. The number of nitrogens with zero attached hydrogens (tertiary/aromatic N) is 1. The molecular weight excluding hydrogens is 383 g/mol. The van der Waals surface area contributed by atoms with Gasteiger partial charge in [0.2, 0.25) is 5.91 Å². The van der Waals surface area contributed by atoms with E-state index in [9.17, 15) is 9.18 Å². The minimum atomic E-state index is -0.343. The van der Waals surface area contributed by atoms with Crippen LogP contribution in [0.3, 0.4) is 0 Å². The zero-order valence-corrected chi connectivity index (χ0v) is 17.8. The molecule has 0 saturated carbocycles. The van der Waals surface area contributed by atoms with Gasteiger partial charge in [-0.15, -0.1) is 0 Å². The Balaban J connectivity index is 1.46. The first-order valence-electron chi connectivity index (χ1n) is 10.5. The molecule has 1 heterocycles. The summed E-state index contributed by atoms with van der Waals surface area (Å²) < 4.78 is 24.9. The van der Waals surface area contributed by atoms with Crippen LogP contribution in [0.4, 0.5) is 4.39 Å². The number of amides is 1. The number of carbonyl (C=O) groups excluding carboxylic acids is 1. The van der Waals surface area contributed by atoms with Gasteiger partial charge >= 0.3 is 0 Å². The zero-order valence-electron chi connectivity index (χ0n) is 17.8. The second-order valence-corrected chi connectivity index (χ2v) is 8.02. The van der Waals surface area contributed by atoms with Crippen LogP contribution in [0.25, 0.3) is 0 Å². The fourth-order valence-corrected chi connectivity index (χ4v) is 3.70. The second kappa shape index (κ2) is 10.5. The summed E-state index contributed by atoms with van der Waals surface area (Å²) >= 11 is 0. The summed E-state index contributed by atoms with van der Waals surface area (Å²) in [6.07, 6.45) is 2.64. The number of carbonyl (C=O) groups is 1. The van der Waals surface area contributed by atoms with Gasteiger partial charge in [-0.2, -0.15) is 0 Å². The number of hydrogen-bond acceptors (Lipinski definition) is 4. The third kappa shape index (κ3) is 6.54. The highest BCUT2D eigenvalue weighted by molar-refractivity contribution is 5.78. The van der Waals surface area contributed by atoms with Crippen molar-refractivity contribution in [2.24, 2.45) is 0 Å². The number of benzene rings is 2. The van der Waals surface area contributed by atoms with Crippen molar-refractivity contribution in [3.05, 3.63) is 65.5 Å². The van der Waals surface area contributed by atoms with Crippen LogP contribution in [-0.4, -0.2) is 49.8 Å². The van der Waals surface area contributed by atoms with Crippen LogP contribution in [0.2, 0.25) is 0 Å². The average molecular weight is 415 g/mol. The normalized spacial score (nSPS) is 19.8. The van der Waals surface area contributed by atoms with E-state index in [4.69, 9.17) is 9.47 Å². The molecule has 0 aliphatic carbocycles. The maximum absolute atomic E-state index is 13.0. The third-order valence-electron chi connectivity index (χ3n) is 5.72. The topological polar surface area (TPSA) is 50.8 Å². The first-order chi connectivity index (χ1) is 14.5. The lowest BCUT2D eigenvalue weighted by molar-refractivity contribution is -0.122. The molecule has 0 radical (unpaired) electrons. The molecule has 3 rings (SSSR count). The Morgan fingerprint density at radius 1 is 1.10 bits per heavy atom. The maximum atomic E-state index is 13.0. The Morgan fingerprint density at radius 3 is 2.53 bits per heavy atom. The number of methoxy groups -OCH3 is 1. The highest BCUT2D eigenvalue weighted by Gasteiger charge is 2.34. The van der Waals surface area contributed by atoms with E-state index in [1.165, 1.54) is 17.7 Å². The SMILES string of the molecule is CO[C@@]1(COc2ccc(C)cc2)CCCN(CC(=O)NCc2ccc(F)cc2)CC1. The molecule has 0 unspecified atom stereocenters. The van der Waals surface area contributed by atoms with Gasteiger partial charge in [0.15, 0.2) is 0 Å². The fraction of sp³-hybridized carbons (Fsp3) is 0.458. The van der Waals surface area contributed by atoms with Gasteiger partial charge in [0.05, 0.1) is 6.54 Å². The molecule has 6 heteroatoms. The quantitative estimate of drug-likeness (QED) is 0.716. The van der Waals surface area contributed by atoms with E-state index in [0.717, 1.165) is 43.7 Å². The molecule has 2 aromatic rings. The Morgan fingerprint density at radius 2 is 1.83 bits per heavy atom. The van der Waals surface area contributed by atoms with Crippen molar-refractivity contribution in [1.82, 2.24) is 10.2 Å². The number of rotatable bonds is 8. The van der Waals surface area contributed by atoms with Crippen molar-refractivity contribution in [3.63, 3.8) is 0 Å². The molecule has 30 heavy (non-hydrogen) atoms. The van der Waals surface area contributed by atoms with Gasteiger partial charge in [0.25, 0.3) is 0 Å². The first-order valence-corrected chi connectivity index (χ1v) is 10.5. The molecule has 1 fully saturated rings. The lowest BCUT2D eigenvalue weighted by Gasteiger charge is -2.31. The maximum Gasteiger partial charge on any atom is 0.234 e. The van der Waals surface area contributed by atoms with Crippen LogP contribution in [0.1, 0.15) is 30.4 Å². The van der Waals surface area contributed by atoms with Crippen molar-refractivity contribution in [2.45, 2.75) is 38.3 Å². The number of aryl methyl sites for hydroxylation is 1. The smallest absolute Gasteiger partial charge is 0.234 e. The van der Waals surface area contributed by atoms with E-state index >= 15 is 0 Å². The third-order valence-corrected chi connectivity index (χ3v) is 5.72. The predicted octanol–water partition coefficient (Wildman–Crippen LogP) is 3.70. The molecule has 1 aliphatic rings. The molecule has 162 valence electrons. The zero-order chi connectivity index (χ0) is 21.4. The van der Waals surface area contributed by atoms with Crippen molar-refractivity contribution in [2.75, 3.05) is 33.4 Å². The Bertz CT molecular complexity index is 810. The van der Waals surface area contributed by atoms with Crippen LogP contribution in [0.5, 0.6) is 5.75 Å². The molecule has 1 aliphatic heterocycles. The van der Waals surface area contributed by atoms with Crippen molar-refractivity contribution < 1.29 is 18.7 Å². The number of hydrogen-bond donors (Lipinski definition) is 1. The molecular formula is C24H31FN2O3. The molecule has 5 nitrogen and oxygen atoms in total. The first kappa shape index (κ1) is 22.2. The summed E-state index contributed by atoms with van der Waals surface area (Å²) in [6, 6.07) is 14.2. The van der Waals surface area contributed by atoms with Crippen LogP contribution in [0, 0.1) is 12.7 Å². The highest BCUT2D eigenvalue weighted by Crippen LogP contribution is 2.27. The lowest BCUT2D eigenvalue weighted by Crippen LogP contribution is -2.41. The molecule has 2 aromatic carbocycles. The van der Waals surface area contributed by atoms with Crippen molar-refractivity contribution in [1.29, 1.82) is 0 Å². The van der Waals surface area contributed by atoms with Crippen molar-refractivity contribution in [3.8, 4) is 5.75 Å². The number of ether oxygens (including phenoxy) is 2. The molecule has 1 amide bonds. The van der Waals surface area contributed by atoms with E-state index in [-0.39, 0.29) is 17.3 Å². The van der Waals surface area contributed by atoms with E-state index in [1.54, 1.807) is 19.2 Å². The standard InChI is InChI=1S/C24H31FN2O3/c1-19-4-10-22(11-5-19)30-18-24(29-2)12-3-14-27(15-13-24)17-23(28)26-16-20-6-8-21(25)9-7-20/h4-11H,3,12-18H2,1-2H3,(H,26,28)/t24-/m0/s1. The van der Waals surface area contributed by atoms with Gasteiger partial charge in [0, 0.05) is 20.2 Å². The van der Waals surface area contributed by atoms with Gasteiger partial charge in [-0.1, -0.05) is 29.8 Å². The van der Waals surface area contributed by atoms with E-state index in [0.29, 0.717) is 19.7 Å². The predicted molar refractivity (Wildman–Crippen MR) is 115 cm³/mol. The number of halogens is 1. The van der Waals surface area contributed by atoms with E-state index in [1.807, 2.05) is 24.3 Å². The van der Waals surface area contributed by atoms with Crippen LogP contribution in [-0.2, 0) is 16.1 Å². The minimum Gasteiger partial charge on any atom is -0.491 e.